The Labute approximate surface area is 122 Å². The summed E-state index contributed by atoms with van der Waals surface area (Å²) >= 11 is 0.880. The Morgan fingerprint density at radius 1 is 1.45 bits per heavy atom. The van der Waals surface area contributed by atoms with E-state index < -0.39 is 21.5 Å². The number of sulfonamides is 1. The number of thiophene rings is 1. The second-order valence-corrected chi connectivity index (χ2v) is 8.30. The maximum Gasteiger partial charge on any atom is 0.304 e. The molecule has 0 spiro atoms. The summed E-state index contributed by atoms with van der Waals surface area (Å²) in [5, 5.41) is 17.5. The first-order valence-electron chi connectivity index (χ1n) is 5.83. The van der Waals surface area contributed by atoms with Crippen molar-refractivity contribution in [1.82, 2.24) is 4.31 Å². The SMILES string of the molecule is CC(C)(C)N(CCC(=O)O)S(=O)(=O)c1ccc(C#N)s1. The topological polar surface area (TPSA) is 98.5 Å². The van der Waals surface area contributed by atoms with Gasteiger partial charge >= 0.3 is 5.97 Å². The van der Waals surface area contributed by atoms with E-state index in [-0.39, 0.29) is 17.2 Å². The van der Waals surface area contributed by atoms with Crippen molar-refractivity contribution in [3.63, 3.8) is 0 Å². The van der Waals surface area contributed by atoms with Gasteiger partial charge in [0, 0.05) is 12.1 Å². The minimum atomic E-state index is -3.81. The largest absolute Gasteiger partial charge is 0.481 e. The number of carbonyl (C=O) groups is 1. The maximum absolute atomic E-state index is 12.6. The number of rotatable bonds is 5. The van der Waals surface area contributed by atoms with Crippen LogP contribution in [0.2, 0.25) is 0 Å². The Hall–Kier alpha value is -1.43. The zero-order valence-corrected chi connectivity index (χ0v) is 13.1. The molecule has 0 saturated heterocycles. The molecule has 0 bridgehead atoms. The third-order valence-electron chi connectivity index (χ3n) is 2.51. The average molecular weight is 316 g/mol. The van der Waals surface area contributed by atoms with E-state index in [9.17, 15) is 13.2 Å². The van der Waals surface area contributed by atoms with Gasteiger partial charge in [-0.3, -0.25) is 4.79 Å². The lowest BCUT2D eigenvalue weighted by molar-refractivity contribution is -0.137. The van der Waals surface area contributed by atoms with Gasteiger partial charge in [0.25, 0.3) is 10.0 Å². The number of aliphatic carboxylic acids is 1. The second-order valence-electron chi connectivity index (χ2n) is 5.12. The molecule has 0 aliphatic carbocycles. The Bertz CT molecular complexity index is 635. The molecule has 0 aliphatic rings. The molecule has 6 nitrogen and oxygen atoms in total. The number of hydrogen-bond donors (Lipinski definition) is 1. The van der Waals surface area contributed by atoms with Crippen LogP contribution in [0, 0.1) is 11.3 Å². The van der Waals surface area contributed by atoms with Crippen LogP contribution in [0.15, 0.2) is 16.3 Å². The maximum atomic E-state index is 12.6. The lowest BCUT2D eigenvalue weighted by Crippen LogP contribution is -2.46. The number of hydrogen-bond acceptors (Lipinski definition) is 5. The first kappa shape index (κ1) is 16.6. The minimum absolute atomic E-state index is 0.0503. The molecule has 0 fully saturated rings. The van der Waals surface area contributed by atoms with Gasteiger partial charge in [0.05, 0.1) is 6.42 Å². The molecule has 0 saturated carbocycles. The van der Waals surface area contributed by atoms with Crippen LogP contribution in [0.25, 0.3) is 0 Å². The Balaban J connectivity index is 3.18. The smallest absolute Gasteiger partial charge is 0.304 e. The first-order valence-corrected chi connectivity index (χ1v) is 8.09. The molecule has 0 amide bonds. The molecule has 0 aromatic carbocycles. The van der Waals surface area contributed by atoms with Crippen LogP contribution in [0.4, 0.5) is 0 Å². The van der Waals surface area contributed by atoms with Crippen LogP contribution in [0.5, 0.6) is 0 Å². The fraction of sp³-hybridized carbons (Fsp3) is 0.500. The molecule has 1 N–H and O–H groups in total. The van der Waals surface area contributed by atoms with E-state index in [4.69, 9.17) is 10.4 Å². The van der Waals surface area contributed by atoms with Crippen molar-refractivity contribution < 1.29 is 18.3 Å². The fourth-order valence-corrected chi connectivity index (χ4v) is 4.65. The highest BCUT2D eigenvalue weighted by Gasteiger charge is 2.35. The molecule has 0 atom stereocenters. The van der Waals surface area contributed by atoms with Crippen molar-refractivity contribution in [2.45, 2.75) is 36.9 Å². The van der Waals surface area contributed by atoms with Crippen LogP contribution in [0.1, 0.15) is 32.1 Å². The monoisotopic (exact) mass is 316 g/mol. The number of nitrogens with zero attached hydrogens (tertiary/aromatic N) is 2. The van der Waals surface area contributed by atoms with Crippen LogP contribution in [-0.4, -0.2) is 35.9 Å². The van der Waals surface area contributed by atoms with Crippen molar-refractivity contribution in [3.05, 3.63) is 17.0 Å². The number of nitriles is 1. The van der Waals surface area contributed by atoms with Crippen molar-refractivity contribution in [1.29, 1.82) is 5.26 Å². The quantitative estimate of drug-likeness (QED) is 0.894. The van der Waals surface area contributed by atoms with Gasteiger partial charge in [-0.25, -0.2) is 8.42 Å². The van der Waals surface area contributed by atoms with Crippen molar-refractivity contribution >= 4 is 27.3 Å². The van der Waals surface area contributed by atoms with E-state index in [0.717, 1.165) is 15.6 Å². The Morgan fingerprint density at radius 3 is 2.45 bits per heavy atom. The van der Waals surface area contributed by atoms with E-state index in [1.54, 1.807) is 20.8 Å². The van der Waals surface area contributed by atoms with E-state index in [1.807, 2.05) is 6.07 Å². The van der Waals surface area contributed by atoms with Crippen LogP contribution < -0.4 is 0 Å². The van der Waals surface area contributed by atoms with E-state index >= 15 is 0 Å². The van der Waals surface area contributed by atoms with Crippen molar-refractivity contribution in [2.75, 3.05) is 6.54 Å². The molecule has 1 aromatic rings. The van der Waals surface area contributed by atoms with Gasteiger partial charge in [0.15, 0.2) is 0 Å². The van der Waals surface area contributed by atoms with Crippen LogP contribution in [-0.2, 0) is 14.8 Å². The summed E-state index contributed by atoms with van der Waals surface area (Å²) in [6.07, 6.45) is -0.271. The summed E-state index contributed by atoms with van der Waals surface area (Å²) in [5.74, 6) is -1.06. The highest BCUT2D eigenvalue weighted by Crippen LogP contribution is 2.29. The summed E-state index contributed by atoms with van der Waals surface area (Å²) in [7, 11) is -3.81. The lowest BCUT2D eigenvalue weighted by Gasteiger charge is -2.33. The predicted octanol–water partition coefficient (Wildman–Crippen LogP) is 1.88. The van der Waals surface area contributed by atoms with Gasteiger partial charge in [-0.1, -0.05) is 0 Å². The lowest BCUT2D eigenvalue weighted by atomic mass is 10.1. The highest BCUT2D eigenvalue weighted by molar-refractivity contribution is 7.91. The van der Waals surface area contributed by atoms with E-state index in [2.05, 4.69) is 0 Å². The predicted molar refractivity (Wildman–Crippen MR) is 74.9 cm³/mol. The molecular formula is C12H16N2O4S2. The van der Waals surface area contributed by atoms with E-state index in [1.165, 1.54) is 12.1 Å². The Kier molecular flexibility index (Phi) is 4.91. The standard InChI is InChI=1S/C12H16N2O4S2/c1-12(2,3)14(7-6-10(15)16)20(17,18)11-5-4-9(8-13)19-11/h4-5H,6-7H2,1-3H3,(H,15,16). The molecule has 8 heteroatoms. The van der Waals surface area contributed by atoms with Gasteiger partial charge in [0.1, 0.15) is 15.2 Å². The van der Waals surface area contributed by atoms with Crippen LogP contribution >= 0.6 is 11.3 Å². The molecule has 0 aliphatic heterocycles. The normalized spacial score (nSPS) is 12.3. The third kappa shape index (κ3) is 3.79. The van der Waals surface area contributed by atoms with Gasteiger partial charge in [-0.15, -0.1) is 11.3 Å². The molecule has 0 unspecified atom stereocenters. The van der Waals surface area contributed by atoms with Gasteiger partial charge in [0.2, 0.25) is 0 Å². The van der Waals surface area contributed by atoms with Crippen LogP contribution in [0.3, 0.4) is 0 Å². The average Bonchev–Trinajstić information content (AvgIpc) is 2.75. The zero-order valence-electron chi connectivity index (χ0n) is 11.5. The molecule has 1 aromatic heterocycles. The summed E-state index contributed by atoms with van der Waals surface area (Å²) in [5.41, 5.74) is -0.745. The van der Waals surface area contributed by atoms with Crippen molar-refractivity contribution in [2.24, 2.45) is 0 Å². The molecule has 110 valence electrons. The van der Waals surface area contributed by atoms with E-state index in [0.29, 0.717) is 4.88 Å². The summed E-state index contributed by atoms with van der Waals surface area (Å²) in [6.45, 7) is 4.99. The molecular weight excluding hydrogens is 300 g/mol. The van der Waals surface area contributed by atoms with Gasteiger partial charge in [-0.05, 0) is 32.9 Å². The molecule has 20 heavy (non-hydrogen) atoms. The number of carboxylic acid groups (broad SMARTS) is 1. The summed E-state index contributed by atoms with van der Waals surface area (Å²) in [6, 6.07) is 4.70. The number of carboxylic acids is 1. The Morgan fingerprint density at radius 2 is 2.05 bits per heavy atom. The first-order chi connectivity index (χ1) is 9.09. The fourth-order valence-electron chi connectivity index (χ4n) is 1.64. The minimum Gasteiger partial charge on any atom is -0.481 e. The molecule has 1 heterocycles. The molecule has 1 rings (SSSR count). The van der Waals surface area contributed by atoms with Crippen molar-refractivity contribution in [3.8, 4) is 6.07 Å². The highest BCUT2D eigenvalue weighted by atomic mass is 32.2. The summed E-state index contributed by atoms with van der Waals surface area (Å²) < 4.78 is 26.3. The van der Waals surface area contributed by atoms with Gasteiger partial charge < -0.3 is 5.11 Å². The second kappa shape index (κ2) is 5.91. The summed E-state index contributed by atoms with van der Waals surface area (Å²) in [4.78, 5) is 11.0. The third-order valence-corrected chi connectivity index (χ3v) is 6.13. The van der Waals surface area contributed by atoms with Gasteiger partial charge in [-0.2, -0.15) is 9.57 Å². The molecule has 0 radical (unpaired) electrons. The zero-order chi connectivity index (χ0) is 15.6.